The molecule has 4 aromatic rings. The Kier molecular flexibility index (Phi) is 5.26. The van der Waals surface area contributed by atoms with Crippen molar-refractivity contribution in [3.05, 3.63) is 60.1 Å². The highest BCUT2D eigenvalue weighted by molar-refractivity contribution is 7.89. The topological polar surface area (TPSA) is 141 Å². The molecule has 0 spiro atoms. The van der Waals surface area contributed by atoms with Gasteiger partial charge in [-0.15, -0.1) is 5.10 Å². The molecule has 0 unspecified atom stereocenters. The van der Waals surface area contributed by atoms with E-state index in [2.05, 4.69) is 29.8 Å². The van der Waals surface area contributed by atoms with Gasteiger partial charge in [0.15, 0.2) is 11.5 Å². The van der Waals surface area contributed by atoms with Crippen LogP contribution >= 0.6 is 0 Å². The summed E-state index contributed by atoms with van der Waals surface area (Å²) in [6.07, 6.45) is 0.742. The Balaban J connectivity index is 1.76. The maximum atomic E-state index is 13.1. The van der Waals surface area contributed by atoms with Crippen LogP contribution in [0.3, 0.4) is 0 Å². The van der Waals surface area contributed by atoms with Gasteiger partial charge in [0.25, 0.3) is 5.82 Å². The molecule has 0 atom stereocenters. The van der Waals surface area contributed by atoms with Crippen LogP contribution in [0, 0.1) is 6.92 Å². The minimum atomic E-state index is -4.83. The van der Waals surface area contributed by atoms with Crippen molar-refractivity contribution in [1.29, 1.82) is 0 Å². The number of nitrogen functional groups attached to an aromatic ring is 1. The first-order chi connectivity index (χ1) is 15.1. The molecule has 0 bridgehead atoms. The normalized spacial score (nSPS) is 12.4. The van der Waals surface area contributed by atoms with E-state index in [-0.39, 0.29) is 22.8 Å². The number of nitrogens with zero attached hydrogens (tertiary/aromatic N) is 6. The average Bonchev–Trinajstić information content (AvgIpc) is 3.17. The zero-order valence-corrected chi connectivity index (χ0v) is 17.2. The minimum Gasteiger partial charge on any atom is -0.380 e. The molecule has 3 N–H and O–H groups in total. The molecule has 0 fully saturated rings. The molecule has 0 aliphatic carbocycles. The standard InChI is InChI=1S/C18H15F3N8O2S/c1-10-2-3-12(32(30,31)26-8-11-7-23-4-5-24-11)6-13(10)14-9-25-16-15(22)27-17(18(19,20)21)28-29(14)16/h2-7,9,26H,8H2,1H3,(H2,22,27,28). The van der Waals surface area contributed by atoms with Gasteiger partial charge in [-0.1, -0.05) is 6.07 Å². The molecule has 3 heterocycles. The van der Waals surface area contributed by atoms with Crippen LogP contribution in [0.5, 0.6) is 0 Å². The molecule has 0 saturated heterocycles. The third-order valence-corrected chi connectivity index (χ3v) is 5.90. The van der Waals surface area contributed by atoms with E-state index >= 15 is 0 Å². The average molecular weight is 464 g/mol. The van der Waals surface area contributed by atoms with Crippen LogP contribution in [0.1, 0.15) is 17.1 Å². The van der Waals surface area contributed by atoms with E-state index in [1.54, 1.807) is 6.92 Å². The van der Waals surface area contributed by atoms with Gasteiger partial charge in [-0.3, -0.25) is 9.97 Å². The van der Waals surface area contributed by atoms with Crippen LogP contribution in [-0.2, 0) is 22.7 Å². The zero-order valence-electron chi connectivity index (χ0n) is 16.4. The van der Waals surface area contributed by atoms with Crippen molar-refractivity contribution >= 4 is 21.5 Å². The number of halogens is 3. The molecule has 0 radical (unpaired) electrons. The van der Waals surface area contributed by atoms with Gasteiger partial charge in [0.1, 0.15) is 0 Å². The summed E-state index contributed by atoms with van der Waals surface area (Å²) in [6.45, 7) is 1.58. The van der Waals surface area contributed by atoms with E-state index in [0.29, 0.717) is 16.8 Å². The molecule has 0 aliphatic heterocycles. The second kappa shape index (κ2) is 7.80. The summed E-state index contributed by atoms with van der Waals surface area (Å²) >= 11 is 0. The number of aryl methyl sites for hydroxylation is 1. The Labute approximate surface area is 179 Å². The largest absolute Gasteiger partial charge is 0.453 e. The predicted octanol–water partition coefficient (Wildman–Crippen LogP) is 1.97. The molecule has 10 nitrogen and oxygen atoms in total. The number of hydrogen-bond donors (Lipinski definition) is 2. The third-order valence-electron chi connectivity index (χ3n) is 4.50. The Morgan fingerprint density at radius 2 is 1.94 bits per heavy atom. The molecule has 3 aromatic heterocycles. The molecule has 32 heavy (non-hydrogen) atoms. The Morgan fingerprint density at radius 1 is 1.16 bits per heavy atom. The lowest BCUT2D eigenvalue weighted by Gasteiger charge is -2.11. The highest BCUT2D eigenvalue weighted by Crippen LogP contribution is 2.31. The van der Waals surface area contributed by atoms with Crippen molar-refractivity contribution in [3.63, 3.8) is 0 Å². The van der Waals surface area contributed by atoms with Crippen LogP contribution < -0.4 is 10.5 Å². The third kappa shape index (κ3) is 4.09. The number of nitrogens with one attached hydrogen (secondary N) is 1. The SMILES string of the molecule is Cc1ccc(S(=O)(=O)NCc2cnccn2)cc1-c1cnc2c(N)nc(C(F)(F)F)nn12. The lowest BCUT2D eigenvalue weighted by atomic mass is 10.1. The molecular weight excluding hydrogens is 449 g/mol. The Morgan fingerprint density at radius 3 is 2.62 bits per heavy atom. The number of rotatable bonds is 5. The summed E-state index contributed by atoms with van der Waals surface area (Å²) in [7, 11) is -3.97. The van der Waals surface area contributed by atoms with Crippen molar-refractivity contribution in [2.45, 2.75) is 24.5 Å². The second-order valence-electron chi connectivity index (χ2n) is 6.70. The van der Waals surface area contributed by atoms with Gasteiger partial charge in [-0.2, -0.15) is 13.2 Å². The maximum Gasteiger partial charge on any atom is 0.453 e. The number of anilines is 1. The molecule has 14 heteroatoms. The summed E-state index contributed by atoms with van der Waals surface area (Å²) in [4.78, 5) is 15.0. The quantitative estimate of drug-likeness (QED) is 0.457. The maximum absolute atomic E-state index is 13.1. The number of sulfonamides is 1. The van der Waals surface area contributed by atoms with Gasteiger partial charge in [0.2, 0.25) is 10.0 Å². The zero-order chi connectivity index (χ0) is 23.1. The first-order valence-electron chi connectivity index (χ1n) is 9.00. The molecular formula is C18H15F3N8O2S. The van der Waals surface area contributed by atoms with Crippen molar-refractivity contribution in [3.8, 4) is 11.3 Å². The summed E-state index contributed by atoms with van der Waals surface area (Å²) < 4.78 is 68.3. The van der Waals surface area contributed by atoms with E-state index in [1.165, 1.54) is 43.0 Å². The van der Waals surface area contributed by atoms with Gasteiger partial charge in [-0.05, 0) is 24.6 Å². The second-order valence-corrected chi connectivity index (χ2v) is 8.46. The smallest absolute Gasteiger partial charge is 0.380 e. The van der Waals surface area contributed by atoms with Crippen LogP contribution in [0.15, 0.2) is 47.9 Å². The molecule has 166 valence electrons. The highest BCUT2D eigenvalue weighted by atomic mass is 32.2. The minimum absolute atomic E-state index is 0.0820. The van der Waals surface area contributed by atoms with E-state index in [9.17, 15) is 21.6 Å². The van der Waals surface area contributed by atoms with Crippen molar-refractivity contribution < 1.29 is 21.6 Å². The fraction of sp³-hybridized carbons (Fsp3) is 0.167. The highest BCUT2D eigenvalue weighted by Gasteiger charge is 2.36. The number of nitrogens with two attached hydrogens (primary N) is 1. The van der Waals surface area contributed by atoms with Crippen molar-refractivity contribution in [1.82, 2.24) is 34.3 Å². The Bertz CT molecular complexity index is 1410. The van der Waals surface area contributed by atoms with E-state index in [1.807, 2.05) is 0 Å². The Hall–Kier alpha value is -3.65. The van der Waals surface area contributed by atoms with Crippen LogP contribution in [-0.4, -0.2) is 38.0 Å². The summed E-state index contributed by atoms with van der Waals surface area (Å²) in [5, 5.41) is 3.51. The van der Waals surface area contributed by atoms with Crippen LogP contribution in [0.25, 0.3) is 16.9 Å². The lowest BCUT2D eigenvalue weighted by Crippen LogP contribution is -2.24. The van der Waals surface area contributed by atoms with Crippen molar-refractivity contribution in [2.75, 3.05) is 5.73 Å². The van der Waals surface area contributed by atoms with E-state index in [4.69, 9.17) is 5.73 Å². The number of aromatic nitrogens is 6. The van der Waals surface area contributed by atoms with Gasteiger partial charge in [0, 0.05) is 24.2 Å². The number of hydrogen-bond acceptors (Lipinski definition) is 8. The summed E-state index contributed by atoms with van der Waals surface area (Å²) in [5.74, 6) is -1.89. The van der Waals surface area contributed by atoms with Crippen LogP contribution in [0.4, 0.5) is 19.0 Å². The summed E-state index contributed by atoms with van der Waals surface area (Å²) in [5.41, 5.74) is 6.99. The van der Waals surface area contributed by atoms with Gasteiger partial charge >= 0.3 is 6.18 Å². The molecule has 4 rings (SSSR count). The number of benzene rings is 1. The van der Waals surface area contributed by atoms with Crippen LogP contribution in [0.2, 0.25) is 0 Å². The molecule has 0 amide bonds. The number of alkyl halides is 3. The molecule has 1 aromatic carbocycles. The fourth-order valence-electron chi connectivity index (χ4n) is 2.92. The molecule has 0 saturated carbocycles. The lowest BCUT2D eigenvalue weighted by molar-refractivity contribution is -0.145. The number of fused-ring (bicyclic) bond motifs is 1. The first kappa shape index (κ1) is 21.6. The van der Waals surface area contributed by atoms with E-state index < -0.39 is 27.8 Å². The number of imidazole rings is 1. The summed E-state index contributed by atoms with van der Waals surface area (Å²) in [6, 6.07) is 4.23. The van der Waals surface area contributed by atoms with E-state index in [0.717, 1.165) is 4.52 Å². The fourth-order valence-corrected chi connectivity index (χ4v) is 3.95. The predicted molar refractivity (Wildman–Crippen MR) is 106 cm³/mol. The van der Waals surface area contributed by atoms with Crippen molar-refractivity contribution in [2.24, 2.45) is 0 Å². The van der Waals surface area contributed by atoms with Gasteiger partial charge in [0.05, 0.1) is 29.0 Å². The van der Waals surface area contributed by atoms with Gasteiger partial charge < -0.3 is 5.73 Å². The monoisotopic (exact) mass is 464 g/mol. The first-order valence-corrected chi connectivity index (χ1v) is 10.5. The molecule has 0 aliphatic rings. The van der Waals surface area contributed by atoms with Gasteiger partial charge in [-0.25, -0.2) is 27.6 Å².